The Balaban J connectivity index is 1.93. The predicted octanol–water partition coefficient (Wildman–Crippen LogP) is 3.18. The Morgan fingerprint density at radius 1 is 1.35 bits per heavy atom. The highest BCUT2D eigenvalue weighted by atomic mass is 32.1. The second-order valence-corrected chi connectivity index (χ2v) is 7.75. The van der Waals surface area contributed by atoms with Crippen molar-refractivity contribution >= 4 is 28.2 Å². The number of amides is 1. The number of hydrogen-bond donors (Lipinski definition) is 1. The van der Waals surface area contributed by atoms with E-state index in [0.717, 1.165) is 18.5 Å². The first-order chi connectivity index (χ1) is 9.23. The number of fused-ring (bicyclic) bond motifs is 2. The zero-order valence-corrected chi connectivity index (χ0v) is 13.2. The highest BCUT2D eigenvalue weighted by molar-refractivity contribution is 7.13. The molecule has 5 heteroatoms. The fraction of sp³-hybridized carbons (Fsp3) is 0.667. The van der Waals surface area contributed by atoms with Gasteiger partial charge >= 0.3 is 0 Å². The monoisotopic (exact) mass is 292 g/mol. The van der Waals surface area contributed by atoms with Crippen LogP contribution < -0.4 is 5.32 Å². The number of thiazole rings is 1. The smallest absolute Gasteiger partial charge is 0.233 e. The van der Waals surface area contributed by atoms with E-state index in [1.54, 1.807) is 0 Å². The van der Waals surface area contributed by atoms with Gasteiger partial charge in [0, 0.05) is 17.2 Å². The SMILES string of the molecule is Cc1csc(NC(=O)[C@@]23CC[C@@](C)(C(=O)C2)C3(C)C)n1. The van der Waals surface area contributed by atoms with Crippen LogP contribution in [0.3, 0.4) is 0 Å². The number of rotatable bonds is 2. The zero-order valence-electron chi connectivity index (χ0n) is 12.4. The first kappa shape index (κ1) is 13.7. The van der Waals surface area contributed by atoms with Gasteiger partial charge in [-0.1, -0.05) is 20.8 Å². The van der Waals surface area contributed by atoms with Gasteiger partial charge in [0.25, 0.3) is 0 Å². The number of hydrogen-bond acceptors (Lipinski definition) is 4. The minimum Gasteiger partial charge on any atom is -0.301 e. The lowest BCUT2D eigenvalue weighted by atomic mass is 9.64. The van der Waals surface area contributed by atoms with E-state index in [2.05, 4.69) is 24.1 Å². The van der Waals surface area contributed by atoms with E-state index in [0.29, 0.717) is 11.6 Å². The second kappa shape index (κ2) is 3.91. The normalized spacial score (nSPS) is 34.5. The third kappa shape index (κ3) is 1.44. The Labute approximate surface area is 123 Å². The maximum atomic E-state index is 12.8. The highest BCUT2D eigenvalue weighted by Crippen LogP contribution is 2.70. The molecule has 3 rings (SSSR count). The van der Waals surface area contributed by atoms with E-state index < -0.39 is 5.41 Å². The molecule has 4 nitrogen and oxygen atoms in total. The lowest BCUT2D eigenvalue weighted by molar-refractivity contribution is -0.131. The van der Waals surface area contributed by atoms with Crippen molar-refractivity contribution in [1.82, 2.24) is 4.98 Å². The second-order valence-electron chi connectivity index (χ2n) is 6.89. The number of carbonyl (C=O) groups is 2. The average Bonchev–Trinajstić information content (AvgIpc) is 2.89. The van der Waals surface area contributed by atoms with E-state index in [1.165, 1.54) is 11.3 Å². The summed E-state index contributed by atoms with van der Waals surface area (Å²) in [6, 6.07) is 0. The molecule has 0 aliphatic heterocycles. The Morgan fingerprint density at radius 2 is 2.05 bits per heavy atom. The summed E-state index contributed by atoms with van der Waals surface area (Å²) in [5.41, 5.74) is -0.324. The quantitative estimate of drug-likeness (QED) is 0.910. The largest absolute Gasteiger partial charge is 0.301 e. The van der Waals surface area contributed by atoms with Crippen LogP contribution in [0.5, 0.6) is 0 Å². The van der Waals surface area contributed by atoms with Gasteiger partial charge in [-0.15, -0.1) is 11.3 Å². The van der Waals surface area contributed by atoms with Gasteiger partial charge in [0.1, 0.15) is 5.78 Å². The third-order valence-electron chi connectivity index (χ3n) is 5.98. The summed E-state index contributed by atoms with van der Waals surface area (Å²) < 4.78 is 0. The van der Waals surface area contributed by atoms with Crippen molar-refractivity contribution in [1.29, 1.82) is 0 Å². The molecule has 2 fully saturated rings. The molecule has 2 bridgehead atoms. The molecule has 0 saturated heterocycles. The number of ketones is 1. The Hall–Kier alpha value is -1.23. The van der Waals surface area contributed by atoms with Crippen molar-refractivity contribution in [3.63, 3.8) is 0 Å². The van der Waals surface area contributed by atoms with Crippen LogP contribution >= 0.6 is 11.3 Å². The van der Waals surface area contributed by atoms with E-state index in [9.17, 15) is 9.59 Å². The molecule has 1 aromatic heterocycles. The number of nitrogens with one attached hydrogen (secondary N) is 1. The number of Topliss-reactive ketones (excluding diaryl/α,β-unsaturated/α-hetero) is 1. The fourth-order valence-electron chi connectivity index (χ4n) is 3.99. The Kier molecular flexibility index (Phi) is 2.68. The molecule has 2 atom stereocenters. The molecule has 2 aliphatic carbocycles. The van der Waals surface area contributed by atoms with Gasteiger partial charge in [0.15, 0.2) is 5.13 Å². The van der Waals surface area contributed by atoms with Crippen LogP contribution in [0, 0.1) is 23.2 Å². The van der Waals surface area contributed by atoms with E-state index in [-0.39, 0.29) is 22.5 Å². The summed E-state index contributed by atoms with van der Waals surface area (Å²) in [7, 11) is 0. The standard InChI is InChI=1S/C15H20N2O2S/c1-9-8-20-12(16-9)17-11(19)15-6-5-14(4,10(18)7-15)13(15,2)3/h8H,5-7H2,1-4H3,(H,16,17,19)/t14-,15+/m0/s1. The van der Waals surface area contributed by atoms with Gasteiger partial charge in [0.2, 0.25) is 5.91 Å². The summed E-state index contributed by atoms with van der Waals surface area (Å²) in [4.78, 5) is 29.4. The average molecular weight is 292 g/mol. The van der Waals surface area contributed by atoms with Crippen LogP contribution in [0.15, 0.2) is 5.38 Å². The van der Waals surface area contributed by atoms with Gasteiger partial charge in [-0.2, -0.15) is 0 Å². The van der Waals surface area contributed by atoms with Crippen LogP contribution in [0.2, 0.25) is 0 Å². The maximum Gasteiger partial charge on any atom is 0.233 e. The molecule has 2 aliphatic rings. The van der Waals surface area contributed by atoms with Gasteiger partial charge in [-0.05, 0) is 25.2 Å². The molecule has 1 heterocycles. The molecular formula is C15H20N2O2S. The molecule has 1 aromatic rings. The summed E-state index contributed by atoms with van der Waals surface area (Å²) in [6.45, 7) is 8.06. The molecule has 0 radical (unpaired) electrons. The molecule has 2 saturated carbocycles. The number of aromatic nitrogens is 1. The van der Waals surface area contributed by atoms with Crippen molar-refractivity contribution < 1.29 is 9.59 Å². The fourth-order valence-corrected chi connectivity index (χ4v) is 4.67. The van der Waals surface area contributed by atoms with Gasteiger partial charge in [-0.25, -0.2) is 4.98 Å². The first-order valence-corrected chi connectivity index (χ1v) is 7.88. The third-order valence-corrected chi connectivity index (χ3v) is 6.86. The maximum absolute atomic E-state index is 12.8. The minimum atomic E-state index is -0.571. The van der Waals surface area contributed by atoms with Crippen LogP contribution in [0.1, 0.15) is 45.7 Å². The lowest BCUT2D eigenvalue weighted by Gasteiger charge is -2.38. The van der Waals surface area contributed by atoms with Crippen LogP contribution in [0.4, 0.5) is 5.13 Å². The lowest BCUT2D eigenvalue weighted by Crippen LogP contribution is -2.43. The molecule has 0 aromatic carbocycles. The number of aryl methyl sites for hydroxylation is 1. The van der Waals surface area contributed by atoms with Crippen molar-refractivity contribution in [3.8, 4) is 0 Å². The van der Waals surface area contributed by atoms with Gasteiger partial charge in [-0.3, -0.25) is 9.59 Å². The van der Waals surface area contributed by atoms with Gasteiger partial charge in [0.05, 0.1) is 11.1 Å². The van der Waals surface area contributed by atoms with Crippen LogP contribution in [0.25, 0.3) is 0 Å². The molecule has 1 N–H and O–H groups in total. The van der Waals surface area contributed by atoms with Crippen molar-refractivity contribution in [2.45, 2.75) is 47.0 Å². The summed E-state index contributed by atoms with van der Waals surface area (Å²) in [5, 5.41) is 5.48. The summed E-state index contributed by atoms with van der Waals surface area (Å²) in [6.07, 6.45) is 1.97. The zero-order chi connectivity index (χ0) is 14.8. The number of nitrogens with zero attached hydrogens (tertiary/aromatic N) is 1. The van der Waals surface area contributed by atoms with Crippen LogP contribution in [-0.2, 0) is 9.59 Å². The number of carbonyl (C=O) groups excluding carboxylic acids is 2. The molecule has 0 unspecified atom stereocenters. The van der Waals surface area contributed by atoms with E-state index in [1.807, 2.05) is 19.2 Å². The molecule has 108 valence electrons. The minimum absolute atomic E-state index is 0.0357. The molecule has 20 heavy (non-hydrogen) atoms. The predicted molar refractivity (Wildman–Crippen MR) is 78.7 cm³/mol. The molecule has 1 amide bonds. The highest BCUT2D eigenvalue weighted by Gasteiger charge is 2.72. The van der Waals surface area contributed by atoms with Gasteiger partial charge < -0.3 is 5.32 Å². The topological polar surface area (TPSA) is 59.1 Å². The summed E-state index contributed by atoms with van der Waals surface area (Å²) >= 11 is 1.43. The van der Waals surface area contributed by atoms with Crippen molar-refractivity contribution in [2.24, 2.45) is 16.2 Å². The van der Waals surface area contributed by atoms with Crippen molar-refractivity contribution in [3.05, 3.63) is 11.1 Å². The number of anilines is 1. The Morgan fingerprint density at radius 3 is 2.50 bits per heavy atom. The molecular weight excluding hydrogens is 272 g/mol. The first-order valence-electron chi connectivity index (χ1n) is 7.00. The molecule has 0 spiro atoms. The van der Waals surface area contributed by atoms with Crippen LogP contribution in [-0.4, -0.2) is 16.7 Å². The summed E-state index contributed by atoms with van der Waals surface area (Å²) in [5.74, 6) is 0.200. The van der Waals surface area contributed by atoms with Crippen molar-refractivity contribution in [2.75, 3.05) is 5.32 Å². The van der Waals surface area contributed by atoms with E-state index >= 15 is 0 Å². The Bertz CT molecular complexity index is 607. The van der Waals surface area contributed by atoms with E-state index in [4.69, 9.17) is 0 Å².